The highest BCUT2D eigenvalue weighted by Crippen LogP contribution is 2.29. The minimum atomic E-state index is 0.301. The molecule has 0 amide bonds. The van der Waals surface area contributed by atoms with Crippen LogP contribution in [0.2, 0.25) is 0 Å². The Hall–Kier alpha value is -0.120. The topological polar surface area (TPSA) is 27.7 Å². The Balaban J connectivity index is 1.76. The molecule has 0 aromatic carbocycles. The number of hydrogen-bond donors (Lipinski definition) is 0. The molecular weight excluding hydrogens is 168 g/mol. The summed E-state index contributed by atoms with van der Waals surface area (Å²) in [5.41, 5.74) is 0. The highest BCUT2D eigenvalue weighted by molar-refractivity contribution is 4.84. The zero-order valence-corrected chi connectivity index (χ0v) is 8.20. The molecule has 0 spiro atoms. The van der Waals surface area contributed by atoms with Gasteiger partial charge in [-0.25, -0.2) is 0 Å². The summed E-state index contributed by atoms with van der Waals surface area (Å²) in [5, 5.41) is 0. The minimum absolute atomic E-state index is 0.301. The number of rotatable bonds is 3. The van der Waals surface area contributed by atoms with E-state index in [1.807, 2.05) is 0 Å². The average Bonchev–Trinajstić information content (AvgIpc) is 2.61. The Morgan fingerprint density at radius 3 is 2.92 bits per heavy atom. The van der Waals surface area contributed by atoms with Crippen molar-refractivity contribution in [3.8, 4) is 0 Å². The molecule has 0 aromatic heterocycles. The van der Waals surface area contributed by atoms with Crippen LogP contribution < -0.4 is 0 Å². The summed E-state index contributed by atoms with van der Waals surface area (Å²) in [6.45, 7) is 3.50. The van der Waals surface area contributed by atoms with Gasteiger partial charge in [-0.15, -0.1) is 0 Å². The van der Waals surface area contributed by atoms with E-state index in [9.17, 15) is 0 Å². The van der Waals surface area contributed by atoms with Crippen LogP contribution in [0.25, 0.3) is 0 Å². The normalized spacial score (nSPS) is 39.0. The van der Waals surface area contributed by atoms with Crippen LogP contribution in [-0.2, 0) is 14.2 Å². The van der Waals surface area contributed by atoms with Crippen molar-refractivity contribution in [3.63, 3.8) is 0 Å². The molecule has 0 bridgehead atoms. The van der Waals surface area contributed by atoms with Crippen LogP contribution in [0.1, 0.15) is 32.6 Å². The van der Waals surface area contributed by atoms with Gasteiger partial charge in [0.15, 0.2) is 0 Å². The van der Waals surface area contributed by atoms with Gasteiger partial charge in [0, 0.05) is 13.0 Å². The van der Waals surface area contributed by atoms with Gasteiger partial charge in [0.1, 0.15) is 6.79 Å². The fraction of sp³-hybridized carbons (Fsp3) is 1.00. The molecule has 13 heavy (non-hydrogen) atoms. The van der Waals surface area contributed by atoms with Crippen molar-refractivity contribution in [2.24, 2.45) is 0 Å². The highest BCUT2D eigenvalue weighted by atomic mass is 16.7. The molecule has 76 valence electrons. The molecule has 1 aliphatic carbocycles. The lowest BCUT2D eigenvalue weighted by molar-refractivity contribution is -0.0242. The average molecular weight is 186 g/mol. The van der Waals surface area contributed by atoms with Crippen molar-refractivity contribution < 1.29 is 14.2 Å². The standard InChI is InChI=1S/C10H18O3/c1-2-5-11-8-3-4-9-10(6-8)13-7-12-9/h8-10H,2-7H2,1H3. The summed E-state index contributed by atoms with van der Waals surface area (Å²) in [6, 6.07) is 0. The maximum atomic E-state index is 5.70. The number of ether oxygens (including phenoxy) is 3. The lowest BCUT2D eigenvalue weighted by Gasteiger charge is -2.29. The van der Waals surface area contributed by atoms with Crippen molar-refractivity contribution in [2.75, 3.05) is 13.4 Å². The van der Waals surface area contributed by atoms with E-state index in [0.717, 1.165) is 32.3 Å². The van der Waals surface area contributed by atoms with E-state index >= 15 is 0 Å². The van der Waals surface area contributed by atoms with Gasteiger partial charge in [-0.3, -0.25) is 0 Å². The fourth-order valence-corrected chi connectivity index (χ4v) is 2.08. The van der Waals surface area contributed by atoms with E-state index in [0.29, 0.717) is 25.1 Å². The first-order valence-corrected chi connectivity index (χ1v) is 5.25. The third-order valence-electron chi connectivity index (χ3n) is 2.80. The van der Waals surface area contributed by atoms with Gasteiger partial charge in [-0.1, -0.05) is 6.92 Å². The predicted molar refractivity (Wildman–Crippen MR) is 48.5 cm³/mol. The van der Waals surface area contributed by atoms with Crippen LogP contribution in [0.3, 0.4) is 0 Å². The van der Waals surface area contributed by atoms with Crippen molar-refractivity contribution in [2.45, 2.75) is 50.9 Å². The van der Waals surface area contributed by atoms with Crippen LogP contribution in [0.15, 0.2) is 0 Å². The first kappa shape index (κ1) is 9.44. The molecule has 1 aliphatic heterocycles. The zero-order valence-electron chi connectivity index (χ0n) is 8.20. The van der Waals surface area contributed by atoms with Crippen molar-refractivity contribution >= 4 is 0 Å². The monoisotopic (exact) mass is 186 g/mol. The van der Waals surface area contributed by atoms with E-state index in [2.05, 4.69) is 6.92 Å². The molecule has 1 saturated carbocycles. The summed E-state index contributed by atoms with van der Waals surface area (Å²) in [4.78, 5) is 0. The molecule has 3 nitrogen and oxygen atoms in total. The van der Waals surface area contributed by atoms with E-state index in [-0.39, 0.29) is 0 Å². The number of hydrogen-bond acceptors (Lipinski definition) is 3. The summed E-state index contributed by atoms with van der Waals surface area (Å²) in [5.74, 6) is 0. The van der Waals surface area contributed by atoms with E-state index < -0.39 is 0 Å². The molecule has 3 heteroatoms. The molecule has 0 aromatic rings. The molecule has 0 N–H and O–H groups in total. The zero-order chi connectivity index (χ0) is 9.10. The maximum Gasteiger partial charge on any atom is 0.147 e. The van der Waals surface area contributed by atoms with E-state index in [1.165, 1.54) is 0 Å². The summed E-state index contributed by atoms with van der Waals surface area (Å²) >= 11 is 0. The summed E-state index contributed by atoms with van der Waals surface area (Å²) in [6.07, 6.45) is 5.40. The van der Waals surface area contributed by atoms with Crippen LogP contribution in [-0.4, -0.2) is 31.7 Å². The van der Waals surface area contributed by atoms with Crippen LogP contribution >= 0.6 is 0 Å². The van der Waals surface area contributed by atoms with Crippen LogP contribution in [0, 0.1) is 0 Å². The Kier molecular flexibility index (Phi) is 3.19. The molecule has 0 radical (unpaired) electrons. The Morgan fingerprint density at radius 1 is 1.23 bits per heavy atom. The van der Waals surface area contributed by atoms with Crippen molar-refractivity contribution in [1.82, 2.24) is 0 Å². The lowest BCUT2D eigenvalue weighted by Crippen LogP contribution is -2.35. The SMILES string of the molecule is CCCOC1CCC2OCOC2C1. The van der Waals surface area contributed by atoms with Gasteiger partial charge in [0.2, 0.25) is 0 Å². The molecule has 2 fully saturated rings. The van der Waals surface area contributed by atoms with E-state index in [1.54, 1.807) is 0 Å². The second kappa shape index (κ2) is 4.40. The first-order chi connectivity index (χ1) is 6.40. The van der Waals surface area contributed by atoms with Crippen LogP contribution in [0.5, 0.6) is 0 Å². The van der Waals surface area contributed by atoms with Crippen molar-refractivity contribution in [1.29, 1.82) is 0 Å². The van der Waals surface area contributed by atoms with Gasteiger partial charge in [-0.2, -0.15) is 0 Å². The summed E-state index contributed by atoms with van der Waals surface area (Å²) < 4.78 is 16.6. The van der Waals surface area contributed by atoms with Gasteiger partial charge in [0.05, 0.1) is 18.3 Å². The minimum Gasteiger partial charge on any atom is -0.378 e. The highest BCUT2D eigenvalue weighted by Gasteiger charge is 2.36. The van der Waals surface area contributed by atoms with Crippen LogP contribution in [0.4, 0.5) is 0 Å². The molecule has 1 saturated heterocycles. The molecular formula is C10H18O3. The Morgan fingerprint density at radius 2 is 2.08 bits per heavy atom. The van der Waals surface area contributed by atoms with Gasteiger partial charge in [-0.05, 0) is 19.3 Å². The molecule has 3 unspecified atom stereocenters. The Labute approximate surface area is 79.4 Å². The molecule has 2 aliphatic rings. The second-order valence-corrected chi connectivity index (χ2v) is 3.83. The summed E-state index contributed by atoms with van der Waals surface area (Å²) in [7, 11) is 0. The van der Waals surface area contributed by atoms with Crippen molar-refractivity contribution in [3.05, 3.63) is 0 Å². The predicted octanol–water partition coefficient (Wildman–Crippen LogP) is 1.71. The largest absolute Gasteiger partial charge is 0.378 e. The van der Waals surface area contributed by atoms with E-state index in [4.69, 9.17) is 14.2 Å². The smallest absolute Gasteiger partial charge is 0.147 e. The number of fused-ring (bicyclic) bond motifs is 1. The third kappa shape index (κ3) is 2.22. The first-order valence-electron chi connectivity index (χ1n) is 5.25. The lowest BCUT2D eigenvalue weighted by atomic mass is 9.92. The third-order valence-corrected chi connectivity index (χ3v) is 2.80. The fourth-order valence-electron chi connectivity index (χ4n) is 2.08. The quantitative estimate of drug-likeness (QED) is 0.671. The maximum absolute atomic E-state index is 5.70. The van der Waals surface area contributed by atoms with Gasteiger partial charge < -0.3 is 14.2 Å². The van der Waals surface area contributed by atoms with Gasteiger partial charge >= 0.3 is 0 Å². The second-order valence-electron chi connectivity index (χ2n) is 3.83. The Bertz CT molecular complexity index is 160. The molecule has 1 heterocycles. The van der Waals surface area contributed by atoms with Gasteiger partial charge in [0.25, 0.3) is 0 Å². The molecule has 2 rings (SSSR count). The molecule has 3 atom stereocenters.